The lowest BCUT2D eigenvalue weighted by Gasteiger charge is -2.01. The topological polar surface area (TPSA) is 35.5 Å². The molecule has 0 aromatic rings. The average molecular weight is 130 g/mol. The number of rotatable bonds is 2. The van der Waals surface area contributed by atoms with Crippen LogP contribution in [0.1, 0.15) is 13.3 Å². The van der Waals surface area contributed by atoms with Crippen molar-refractivity contribution in [3.05, 3.63) is 0 Å². The van der Waals surface area contributed by atoms with Crippen molar-refractivity contribution in [2.75, 3.05) is 6.61 Å². The largest absolute Gasteiger partial charge is 0.343 e. The fourth-order valence-electron chi connectivity index (χ4n) is 0.756. The Labute approximate surface area is 53.9 Å². The van der Waals surface area contributed by atoms with Gasteiger partial charge in [-0.3, -0.25) is 4.79 Å². The van der Waals surface area contributed by atoms with E-state index in [0.29, 0.717) is 12.9 Å². The summed E-state index contributed by atoms with van der Waals surface area (Å²) in [5, 5.41) is 0. The van der Waals surface area contributed by atoms with Gasteiger partial charge in [-0.25, -0.2) is 0 Å². The summed E-state index contributed by atoms with van der Waals surface area (Å²) in [7, 11) is 0. The molecule has 1 aliphatic heterocycles. The molecular weight excluding hydrogens is 120 g/mol. The van der Waals surface area contributed by atoms with E-state index in [2.05, 4.69) is 0 Å². The van der Waals surface area contributed by atoms with Crippen LogP contribution in [0.15, 0.2) is 0 Å². The first-order valence-corrected chi connectivity index (χ1v) is 3.09. The molecule has 1 heterocycles. The van der Waals surface area contributed by atoms with Crippen LogP contribution < -0.4 is 0 Å². The molecule has 0 bridgehead atoms. The van der Waals surface area contributed by atoms with E-state index in [9.17, 15) is 4.79 Å². The molecule has 0 saturated carbocycles. The van der Waals surface area contributed by atoms with Crippen LogP contribution in [-0.2, 0) is 14.3 Å². The molecule has 0 aromatic heterocycles. The lowest BCUT2D eigenvalue weighted by atomic mass is 10.3. The predicted octanol–water partition coefficient (Wildman–Crippen LogP) is 0.337. The quantitative estimate of drug-likeness (QED) is 0.505. The van der Waals surface area contributed by atoms with E-state index in [0.717, 1.165) is 6.42 Å². The van der Waals surface area contributed by atoms with E-state index in [1.807, 2.05) is 6.92 Å². The molecule has 0 amide bonds. The SMILES string of the molecule is CCC1COC(C=O)O1. The number of carbonyl (C=O) groups is 1. The van der Waals surface area contributed by atoms with E-state index in [-0.39, 0.29) is 6.10 Å². The first-order chi connectivity index (χ1) is 4.36. The van der Waals surface area contributed by atoms with E-state index in [1.165, 1.54) is 0 Å². The average Bonchev–Trinajstić information content (AvgIpc) is 2.34. The second-order valence-corrected chi connectivity index (χ2v) is 2.00. The Kier molecular flexibility index (Phi) is 2.19. The fraction of sp³-hybridized carbons (Fsp3) is 0.833. The predicted molar refractivity (Wildman–Crippen MR) is 31.0 cm³/mol. The van der Waals surface area contributed by atoms with Crippen LogP contribution in [0.5, 0.6) is 0 Å². The van der Waals surface area contributed by atoms with Crippen LogP contribution in [0.2, 0.25) is 0 Å². The van der Waals surface area contributed by atoms with Crippen molar-refractivity contribution < 1.29 is 14.3 Å². The van der Waals surface area contributed by atoms with Gasteiger partial charge in [0.2, 0.25) is 6.29 Å². The molecule has 9 heavy (non-hydrogen) atoms. The van der Waals surface area contributed by atoms with Gasteiger partial charge in [-0.15, -0.1) is 0 Å². The van der Waals surface area contributed by atoms with Gasteiger partial charge in [-0.05, 0) is 6.42 Å². The van der Waals surface area contributed by atoms with Crippen molar-refractivity contribution in [2.45, 2.75) is 25.7 Å². The highest BCUT2D eigenvalue weighted by molar-refractivity contribution is 5.54. The minimum Gasteiger partial charge on any atom is -0.343 e. The standard InChI is InChI=1S/C6H10O3/c1-2-5-4-8-6(3-7)9-5/h3,5-6H,2,4H2,1H3. The third-order valence-corrected chi connectivity index (χ3v) is 1.34. The molecule has 3 nitrogen and oxygen atoms in total. The number of hydrogen-bond donors (Lipinski definition) is 0. The summed E-state index contributed by atoms with van der Waals surface area (Å²) in [6, 6.07) is 0. The van der Waals surface area contributed by atoms with Crippen molar-refractivity contribution in [1.82, 2.24) is 0 Å². The van der Waals surface area contributed by atoms with Gasteiger partial charge < -0.3 is 9.47 Å². The van der Waals surface area contributed by atoms with Crippen molar-refractivity contribution >= 4 is 6.29 Å². The van der Waals surface area contributed by atoms with Gasteiger partial charge in [0.25, 0.3) is 0 Å². The Morgan fingerprint density at radius 1 is 1.78 bits per heavy atom. The number of hydrogen-bond acceptors (Lipinski definition) is 3. The summed E-state index contributed by atoms with van der Waals surface area (Å²) in [5.74, 6) is 0. The van der Waals surface area contributed by atoms with Gasteiger partial charge in [-0.2, -0.15) is 0 Å². The van der Waals surface area contributed by atoms with Crippen LogP contribution in [0, 0.1) is 0 Å². The lowest BCUT2D eigenvalue weighted by Crippen LogP contribution is -2.11. The molecule has 2 atom stereocenters. The third kappa shape index (κ3) is 1.50. The summed E-state index contributed by atoms with van der Waals surface area (Å²) in [5.41, 5.74) is 0. The smallest absolute Gasteiger partial charge is 0.215 e. The Balaban J connectivity index is 2.28. The van der Waals surface area contributed by atoms with Crippen LogP contribution in [0.3, 0.4) is 0 Å². The zero-order valence-corrected chi connectivity index (χ0v) is 5.37. The van der Waals surface area contributed by atoms with Gasteiger partial charge in [0.15, 0.2) is 6.29 Å². The molecule has 1 fully saturated rings. The molecule has 0 spiro atoms. The molecule has 0 radical (unpaired) electrons. The molecule has 0 aromatic carbocycles. The van der Waals surface area contributed by atoms with Gasteiger partial charge in [0.1, 0.15) is 0 Å². The van der Waals surface area contributed by atoms with E-state index in [1.54, 1.807) is 0 Å². The molecule has 0 N–H and O–H groups in total. The molecule has 3 heteroatoms. The van der Waals surface area contributed by atoms with Crippen LogP contribution in [0.25, 0.3) is 0 Å². The minimum absolute atomic E-state index is 0.125. The maximum absolute atomic E-state index is 10.0. The molecule has 1 aliphatic rings. The Hall–Kier alpha value is -0.410. The highest BCUT2D eigenvalue weighted by atomic mass is 16.7. The number of carbonyl (C=O) groups excluding carboxylic acids is 1. The van der Waals surface area contributed by atoms with E-state index in [4.69, 9.17) is 9.47 Å². The first-order valence-electron chi connectivity index (χ1n) is 3.09. The third-order valence-electron chi connectivity index (χ3n) is 1.34. The van der Waals surface area contributed by atoms with Crippen molar-refractivity contribution in [1.29, 1.82) is 0 Å². The maximum atomic E-state index is 10.0. The van der Waals surface area contributed by atoms with Crippen molar-refractivity contribution in [3.8, 4) is 0 Å². The maximum Gasteiger partial charge on any atom is 0.215 e. The normalized spacial score (nSPS) is 34.8. The second kappa shape index (κ2) is 2.94. The Morgan fingerprint density at radius 3 is 2.89 bits per heavy atom. The molecule has 2 unspecified atom stereocenters. The van der Waals surface area contributed by atoms with E-state index < -0.39 is 6.29 Å². The molecule has 52 valence electrons. The zero-order chi connectivity index (χ0) is 6.69. The summed E-state index contributed by atoms with van der Waals surface area (Å²) in [4.78, 5) is 10.0. The summed E-state index contributed by atoms with van der Waals surface area (Å²) in [6.07, 6.45) is 1.11. The fourth-order valence-corrected chi connectivity index (χ4v) is 0.756. The first kappa shape index (κ1) is 6.71. The van der Waals surface area contributed by atoms with Gasteiger partial charge in [-0.1, -0.05) is 6.92 Å². The second-order valence-electron chi connectivity index (χ2n) is 2.00. The van der Waals surface area contributed by atoms with Crippen molar-refractivity contribution in [2.24, 2.45) is 0 Å². The van der Waals surface area contributed by atoms with Crippen LogP contribution in [0.4, 0.5) is 0 Å². The monoisotopic (exact) mass is 130 g/mol. The lowest BCUT2D eigenvalue weighted by molar-refractivity contribution is -0.132. The highest BCUT2D eigenvalue weighted by Gasteiger charge is 2.23. The zero-order valence-electron chi connectivity index (χ0n) is 5.37. The molecular formula is C6H10O3. The van der Waals surface area contributed by atoms with Gasteiger partial charge in [0, 0.05) is 0 Å². The number of aldehydes is 1. The Bertz CT molecular complexity index is 102. The summed E-state index contributed by atoms with van der Waals surface area (Å²) in [6.45, 7) is 2.56. The number of ether oxygens (including phenoxy) is 2. The minimum atomic E-state index is -0.602. The highest BCUT2D eigenvalue weighted by Crippen LogP contribution is 2.11. The van der Waals surface area contributed by atoms with Crippen molar-refractivity contribution in [3.63, 3.8) is 0 Å². The van der Waals surface area contributed by atoms with E-state index >= 15 is 0 Å². The molecule has 1 rings (SSSR count). The molecule has 1 saturated heterocycles. The Morgan fingerprint density at radius 2 is 2.56 bits per heavy atom. The van der Waals surface area contributed by atoms with Crippen LogP contribution in [-0.4, -0.2) is 25.3 Å². The van der Waals surface area contributed by atoms with Crippen LogP contribution >= 0.6 is 0 Å². The summed E-state index contributed by atoms with van der Waals surface area (Å²) >= 11 is 0. The van der Waals surface area contributed by atoms with Gasteiger partial charge in [0.05, 0.1) is 12.7 Å². The molecule has 0 aliphatic carbocycles. The summed E-state index contributed by atoms with van der Waals surface area (Å²) < 4.78 is 9.98. The van der Waals surface area contributed by atoms with Gasteiger partial charge >= 0.3 is 0 Å².